The van der Waals surface area contributed by atoms with Crippen molar-refractivity contribution in [3.63, 3.8) is 0 Å². The molecule has 156 valence electrons. The molecule has 1 fully saturated rings. The first-order valence-electron chi connectivity index (χ1n) is 9.56. The number of aryl methyl sites for hydroxylation is 1. The molecule has 1 aliphatic rings. The SMILES string of the molecule is CC[C@H]1COC(=O)N1c1nc(C)nc(N[C@@H](C)c2cn(-c3cccc(Cl)n3)cn2)n1. The second-order valence-electron chi connectivity index (χ2n) is 6.91. The predicted octanol–water partition coefficient (Wildman–Crippen LogP) is 3.32. The molecule has 0 saturated carbocycles. The summed E-state index contributed by atoms with van der Waals surface area (Å²) in [6.07, 6.45) is 3.82. The Hall–Kier alpha value is -3.27. The second kappa shape index (κ2) is 8.23. The van der Waals surface area contributed by atoms with Gasteiger partial charge in [-0.15, -0.1) is 0 Å². The van der Waals surface area contributed by atoms with Crippen LogP contribution in [0.3, 0.4) is 0 Å². The quantitative estimate of drug-likeness (QED) is 0.595. The Balaban J connectivity index is 1.55. The smallest absolute Gasteiger partial charge is 0.417 e. The third-order valence-electron chi connectivity index (χ3n) is 4.74. The zero-order chi connectivity index (χ0) is 21.3. The van der Waals surface area contributed by atoms with Crippen molar-refractivity contribution in [2.24, 2.45) is 0 Å². The van der Waals surface area contributed by atoms with Crippen LogP contribution in [0.1, 0.15) is 37.8 Å². The van der Waals surface area contributed by atoms with Gasteiger partial charge in [0.05, 0.1) is 17.8 Å². The first-order chi connectivity index (χ1) is 14.4. The molecule has 0 unspecified atom stereocenters. The van der Waals surface area contributed by atoms with Crippen LogP contribution in [0.4, 0.5) is 16.7 Å². The van der Waals surface area contributed by atoms with E-state index in [9.17, 15) is 4.79 Å². The van der Waals surface area contributed by atoms with Gasteiger partial charge >= 0.3 is 6.09 Å². The number of nitrogens with one attached hydrogen (secondary N) is 1. The van der Waals surface area contributed by atoms with Gasteiger partial charge in [0.2, 0.25) is 11.9 Å². The Morgan fingerprint density at radius 1 is 1.30 bits per heavy atom. The molecule has 3 aromatic heterocycles. The van der Waals surface area contributed by atoms with Crippen LogP contribution in [0.2, 0.25) is 5.15 Å². The zero-order valence-corrected chi connectivity index (χ0v) is 17.5. The fraction of sp³-hybridized carbons (Fsp3) is 0.368. The van der Waals surface area contributed by atoms with Gasteiger partial charge < -0.3 is 10.1 Å². The number of hydrogen-bond donors (Lipinski definition) is 1. The molecule has 10 nitrogen and oxygen atoms in total. The lowest BCUT2D eigenvalue weighted by Gasteiger charge is -2.19. The summed E-state index contributed by atoms with van der Waals surface area (Å²) in [5.74, 6) is 1.80. The number of ether oxygens (including phenoxy) is 1. The van der Waals surface area contributed by atoms with Crippen LogP contribution in [0.5, 0.6) is 0 Å². The van der Waals surface area contributed by atoms with Crippen molar-refractivity contribution < 1.29 is 9.53 Å². The van der Waals surface area contributed by atoms with Gasteiger partial charge in [-0.25, -0.2) is 19.7 Å². The average Bonchev–Trinajstić information content (AvgIpc) is 3.34. The van der Waals surface area contributed by atoms with Crippen molar-refractivity contribution >= 4 is 29.6 Å². The van der Waals surface area contributed by atoms with Gasteiger partial charge in [-0.1, -0.05) is 24.6 Å². The third kappa shape index (κ3) is 4.04. The van der Waals surface area contributed by atoms with Gasteiger partial charge in [-0.2, -0.15) is 15.0 Å². The number of cyclic esters (lactones) is 1. The molecule has 30 heavy (non-hydrogen) atoms. The highest BCUT2D eigenvalue weighted by Crippen LogP contribution is 2.23. The van der Waals surface area contributed by atoms with Crippen LogP contribution in [0.25, 0.3) is 5.82 Å². The van der Waals surface area contributed by atoms with Crippen molar-refractivity contribution in [2.75, 3.05) is 16.8 Å². The summed E-state index contributed by atoms with van der Waals surface area (Å²) >= 11 is 5.97. The lowest BCUT2D eigenvalue weighted by atomic mass is 10.2. The van der Waals surface area contributed by atoms with Crippen LogP contribution in [-0.4, -0.2) is 48.2 Å². The lowest BCUT2D eigenvalue weighted by molar-refractivity contribution is 0.178. The van der Waals surface area contributed by atoms with E-state index in [0.29, 0.717) is 29.4 Å². The predicted molar refractivity (Wildman–Crippen MR) is 111 cm³/mol. The van der Waals surface area contributed by atoms with E-state index in [1.165, 1.54) is 4.90 Å². The van der Waals surface area contributed by atoms with Gasteiger partial charge in [0, 0.05) is 6.20 Å². The molecule has 1 N–H and O–H groups in total. The number of anilines is 2. The van der Waals surface area contributed by atoms with E-state index in [2.05, 4.69) is 30.2 Å². The van der Waals surface area contributed by atoms with Crippen LogP contribution in [0.15, 0.2) is 30.7 Å². The number of carbonyl (C=O) groups excluding carboxylic acids is 1. The third-order valence-corrected chi connectivity index (χ3v) is 4.95. The molecule has 0 radical (unpaired) electrons. The first-order valence-corrected chi connectivity index (χ1v) is 9.94. The number of hydrogen-bond acceptors (Lipinski definition) is 8. The molecule has 0 aliphatic carbocycles. The molecule has 0 spiro atoms. The molecule has 4 rings (SSSR count). The maximum Gasteiger partial charge on any atom is 0.417 e. The van der Waals surface area contributed by atoms with E-state index in [-0.39, 0.29) is 18.0 Å². The van der Waals surface area contributed by atoms with E-state index in [4.69, 9.17) is 16.3 Å². The van der Waals surface area contributed by atoms with Gasteiger partial charge in [-0.3, -0.25) is 4.57 Å². The minimum atomic E-state index is -0.445. The average molecular weight is 429 g/mol. The molecule has 0 bridgehead atoms. The molecular formula is C19H21ClN8O2. The summed E-state index contributed by atoms with van der Waals surface area (Å²) in [4.78, 5) is 35.4. The van der Waals surface area contributed by atoms with E-state index in [0.717, 1.165) is 12.1 Å². The summed E-state index contributed by atoms with van der Waals surface area (Å²) in [7, 11) is 0. The van der Waals surface area contributed by atoms with Gasteiger partial charge in [-0.05, 0) is 32.4 Å². The van der Waals surface area contributed by atoms with E-state index >= 15 is 0 Å². The standard InChI is InChI=1S/C19H21ClN8O2/c1-4-13-9-30-19(29)28(13)18-24-12(3)23-17(26-18)22-11(2)14-8-27(10-21-14)16-7-5-6-15(20)25-16/h5-8,10-11,13H,4,9H2,1-3H3,(H,22,23,24,26)/t11-,13-/m0/s1. The van der Waals surface area contributed by atoms with Crippen molar-refractivity contribution in [3.8, 4) is 5.82 Å². The van der Waals surface area contributed by atoms with Crippen LogP contribution < -0.4 is 10.2 Å². The Bertz CT molecular complexity index is 1070. The highest BCUT2D eigenvalue weighted by Gasteiger charge is 2.35. The van der Waals surface area contributed by atoms with Crippen molar-refractivity contribution in [1.29, 1.82) is 0 Å². The molecule has 11 heteroatoms. The number of nitrogens with zero attached hydrogens (tertiary/aromatic N) is 7. The van der Waals surface area contributed by atoms with Crippen LogP contribution in [-0.2, 0) is 4.74 Å². The normalized spacial score (nSPS) is 17.1. The summed E-state index contributed by atoms with van der Waals surface area (Å²) in [5, 5.41) is 3.63. The minimum Gasteiger partial charge on any atom is -0.447 e. The van der Waals surface area contributed by atoms with Gasteiger partial charge in [0.15, 0.2) is 0 Å². The number of rotatable bonds is 6. The first kappa shape index (κ1) is 20.0. The van der Waals surface area contributed by atoms with E-state index < -0.39 is 6.09 Å². The molecule has 2 atom stereocenters. The number of aromatic nitrogens is 6. The molecule has 1 aliphatic heterocycles. The topological polar surface area (TPSA) is 111 Å². The monoisotopic (exact) mass is 428 g/mol. The maximum absolute atomic E-state index is 12.1. The number of carbonyl (C=O) groups is 1. The highest BCUT2D eigenvalue weighted by molar-refractivity contribution is 6.29. The van der Waals surface area contributed by atoms with E-state index in [1.54, 1.807) is 23.9 Å². The van der Waals surface area contributed by atoms with Crippen molar-refractivity contribution in [1.82, 2.24) is 29.5 Å². The molecule has 1 saturated heterocycles. The minimum absolute atomic E-state index is 0.0922. The summed E-state index contributed by atoms with van der Waals surface area (Å²) in [6, 6.07) is 5.09. The Labute approximate surface area is 178 Å². The van der Waals surface area contributed by atoms with Crippen molar-refractivity contribution in [2.45, 2.75) is 39.3 Å². The van der Waals surface area contributed by atoms with Crippen molar-refractivity contribution in [3.05, 3.63) is 47.4 Å². The van der Waals surface area contributed by atoms with Crippen LogP contribution in [0, 0.1) is 6.92 Å². The zero-order valence-electron chi connectivity index (χ0n) is 16.8. The second-order valence-corrected chi connectivity index (χ2v) is 7.29. The fourth-order valence-corrected chi connectivity index (χ4v) is 3.30. The Morgan fingerprint density at radius 3 is 2.90 bits per heavy atom. The number of amides is 1. The molecule has 4 heterocycles. The van der Waals surface area contributed by atoms with E-state index in [1.807, 2.05) is 32.2 Å². The van der Waals surface area contributed by atoms with Gasteiger partial charge in [0.25, 0.3) is 0 Å². The highest BCUT2D eigenvalue weighted by atomic mass is 35.5. The summed E-state index contributed by atoms with van der Waals surface area (Å²) < 4.78 is 6.93. The molecule has 0 aromatic carbocycles. The largest absolute Gasteiger partial charge is 0.447 e. The molecule has 1 amide bonds. The Morgan fingerprint density at radius 2 is 2.13 bits per heavy atom. The lowest BCUT2D eigenvalue weighted by Crippen LogP contribution is -2.34. The van der Waals surface area contributed by atoms with Gasteiger partial charge in [0.1, 0.15) is 29.7 Å². The Kier molecular flexibility index (Phi) is 5.49. The number of pyridine rings is 1. The maximum atomic E-state index is 12.1. The molecular weight excluding hydrogens is 408 g/mol. The summed E-state index contributed by atoms with van der Waals surface area (Å²) in [5.41, 5.74) is 0.767. The van der Waals surface area contributed by atoms with Crippen LogP contribution >= 0.6 is 11.6 Å². The summed E-state index contributed by atoms with van der Waals surface area (Å²) in [6.45, 7) is 6.01. The fourth-order valence-electron chi connectivity index (χ4n) is 3.14. The number of halogens is 1. The molecule has 3 aromatic rings. The number of imidazole rings is 1.